The van der Waals surface area contributed by atoms with Crippen molar-refractivity contribution in [3.05, 3.63) is 52.7 Å². The Hall–Kier alpha value is -1.87. The lowest BCUT2D eigenvalue weighted by Gasteiger charge is -2.32. The highest BCUT2D eigenvalue weighted by atomic mass is 15.2. The molecule has 0 unspecified atom stereocenters. The van der Waals surface area contributed by atoms with Crippen LogP contribution in [0, 0.1) is 13.8 Å². The largest absolute Gasteiger partial charge is 0.326 e. The molecule has 0 aliphatic carbocycles. The van der Waals surface area contributed by atoms with Crippen molar-refractivity contribution in [1.29, 1.82) is 0 Å². The summed E-state index contributed by atoms with van der Waals surface area (Å²) in [4.78, 5) is 7.11. The molecule has 3 nitrogen and oxygen atoms in total. The number of anilines is 2. The van der Waals surface area contributed by atoms with Gasteiger partial charge in [-0.3, -0.25) is 0 Å². The predicted molar refractivity (Wildman–Crippen MR) is 83.4 cm³/mol. The lowest BCUT2D eigenvalue weighted by molar-refractivity contribution is 0.753. The summed E-state index contributed by atoms with van der Waals surface area (Å²) in [5, 5.41) is 0. The van der Waals surface area contributed by atoms with Crippen molar-refractivity contribution in [3.63, 3.8) is 0 Å². The Balaban J connectivity index is 2.15. The minimum atomic E-state index is 0.535. The lowest BCUT2D eigenvalue weighted by Crippen LogP contribution is -2.27. The van der Waals surface area contributed by atoms with E-state index in [4.69, 9.17) is 10.7 Å². The number of para-hydroxylation sites is 1. The molecule has 0 spiro atoms. The van der Waals surface area contributed by atoms with Gasteiger partial charge in [0.15, 0.2) is 0 Å². The summed E-state index contributed by atoms with van der Waals surface area (Å²) in [6.07, 6.45) is 2.31. The molecule has 0 fully saturated rings. The average Bonchev–Trinajstić information content (AvgIpc) is 2.46. The van der Waals surface area contributed by atoms with Crippen molar-refractivity contribution in [1.82, 2.24) is 4.98 Å². The SMILES string of the molecule is Cc1cc(C)c(CN)c(N2CCCc3ccccc32)n1. The number of pyridine rings is 1. The second-order valence-electron chi connectivity index (χ2n) is 5.47. The zero-order valence-electron chi connectivity index (χ0n) is 12.2. The molecule has 2 aromatic rings. The van der Waals surface area contributed by atoms with Crippen LogP contribution in [0.15, 0.2) is 30.3 Å². The summed E-state index contributed by atoms with van der Waals surface area (Å²) in [5.74, 6) is 1.04. The van der Waals surface area contributed by atoms with Crippen LogP contribution in [-0.2, 0) is 13.0 Å². The molecule has 2 N–H and O–H groups in total. The van der Waals surface area contributed by atoms with Crippen molar-refractivity contribution in [3.8, 4) is 0 Å². The van der Waals surface area contributed by atoms with Gasteiger partial charge in [0.05, 0.1) is 0 Å². The Morgan fingerprint density at radius 3 is 2.85 bits per heavy atom. The van der Waals surface area contributed by atoms with Gasteiger partial charge >= 0.3 is 0 Å². The highest BCUT2D eigenvalue weighted by molar-refractivity contribution is 5.68. The number of hydrogen-bond donors (Lipinski definition) is 1. The van der Waals surface area contributed by atoms with Crippen LogP contribution in [0.5, 0.6) is 0 Å². The number of aryl methyl sites for hydroxylation is 3. The fraction of sp³-hybridized carbons (Fsp3) is 0.353. The van der Waals surface area contributed by atoms with E-state index < -0.39 is 0 Å². The quantitative estimate of drug-likeness (QED) is 0.908. The number of nitrogens with zero attached hydrogens (tertiary/aromatic N) is 2. The van der Waals surface area contributed by atoms with Gasteiger partial charge in [-0.25, -0.2) is 4.98 Å². The van der Waals surface area contributed by atoms with Gasteiger partial charge in [0.25, 0.3) is 0 Å². The first kappa shape index (κ1) is 13.1. The summed E-state index contributed by atoms with van der Waals surface area (Å²) in [6, 6.07) is 10.7. The zero-order valence-corrected chi connectivity index (χ0v) is 12.2. The second-order valence-corrected chi connectivity index (χ2v) is 5.47. The standard InChI is InChI=1S/C17H21N3/c1-12-10-13(2)19-17(15(12)11-18)20-9-5-7-14-6-3-4-8-16(14)20/h3-4,6,8,10H,5,7,9,11,18H2,1-2H3. The van der Waals surface area contributed by atoms with Crippen LogP contribution in [0.1, 0.15) is 28.8 Å². The van der Waals surface area contributed by atoms with Crippen molar-refractivity contribution >= 4 is 11.5 Å². The topological polar surface area (TPSA) is 42.1 Å². The van der Waals surface area contributed by atoms with E-state index >= 15 is 0 Å². The Morgan fingerprint density at radius 2 is 2.05 bits per heavy atom. The molecule has 0 atom stereocenters. The van der Waals surface area contributed by atoms with Crippen molar-refractivity contribution < 1.29 is 0 Å². The number of benzene rings is 1. The molecule has 104 valence electrons. The maximum absolute atomic E-state index is 5.96. The highest BCUT2D eigenvalue weighted by Crippen LogP contribution is 2.34. The van der Waals surface area contributed by atoms with Gasteiger partial charge in [-0.05, 0) is 49.9 Å². The van der Waals surface area contributed by atoms with Crippen LogP contribution in [0.2, 0.25) is 0 Å². The van der Waals surface area contributed by atoms with E-state index in [0.717, 1.165) is 36.5 Å². The van der Waals surface area contributed by atoms with Crippen molar-refractivity contribution in [2.24, 2.45) is 5.73 Å². The Bertz CT molecular complexity index is 634. The third-order valence-corrected chi connectivity index (χ3v) is 4.02. The normalized spacial score (nSPS) is 14.2. The molecule has 1 aromatic heterocycles. The van der Waals surface area contributed by atoms with E-state index in [1.54, 1.807) is 0 Å². The Morgan fingerprint density at radius 1 is 1.25 bits per heavy atom. The van der Waals surface area contributed by atoms with Crippen LogP contribution < -0.4 is 10.6 Å². The molecule has 0 amide bonds. The fourth-order valence-electron chi connectivity index (χ4n) is 3.07. The van der Waals surface area contributed by atoms with E-state index in [1.807, 2.05) is 6.92 Å². The molecule has 0 bridgehead atoms. The Labute approximate surface area is 120 Å². The summed E-state index contributed by atoms with van der Waals surface area (Å²) >= 11 is 0. The molecule has 20 heavy (non-hydrogen) atoms. The minimum absolute atomic E-state index is 0.535. The van der Waals surface area contributed by atoms with E-state index in [2.05, 4.69) is 42.2 Å². The summed E-state index contributed by atoms with van der Waals surface area (Å²) in [7, 11) is 0. The smallest absolute Gasteiger partial charge is 0.138 e. The first-order valence-corrected chi connectivity index (χ1v) is 7.23. The van der Waals surface area contributed by atoms with E-state index in [-0.39, 0.29) is 0 Å². The molecule has 1 aliphatic rings. The molecule has 3 heteroatoms. The van der Waals surface area contributed by atoms with Crippen LogP contribution in [0.3, 0.4) is 0 Å². The zero-order chi connectivity index (χ0) is 14.1. The molecule has 1 aromatic carbocycles. The molecule has 0 saturated carbocycles. The Kier molecular flexibility index (Phi) is 3.45. The van der Waals surface area contributed by atoms with Gasteiger partial charge in [-0.1, -0.05) is 18.2 Å². The van der Waals surface area contributed by atoms with Gasteiger partial charge in [0.2, 0.25) is 0 Å². The van der Waals surface area contributed by atoms with E-state index in [1.165, 1.54) is 16.8 Å². The predicted octanol–water partition coefficient (Wildman–Crippen LogP) is 3.24. The van der Waals surface area contributed by atoms with Crippen LogP contribution >= 0.6 is 0 Å². The highest BCUT2D eigenvalue weighted by Gasteiger charge is 2.21. The van der Waals surface area contributed by atoms with Crippen LogP contribution in [-0.4, -0.2) is 11.5 Å². The van der Waals surface area contributed by atoms with Crippen molar-refractivity contribution in [2.75, 3.05) is 11.4 Å². The van der Waals surface area contributed by atoms with Crippen LogP contribution in [0.25, 0.3) is 0 Å². The number of hydrogen-bond acceptors (Lipinski definition) is 3. The van der Waals surface area contributed by atoms with Gasteiger partial charge < -0.3 is 10.6 Å². The molecule has 3 rings (SSSR count). The van der Waals surface area contributed by atoms with E-state index in [9.17, 15) is 0 Å². The van der Waals surface area contributed by atoms with Gasteiger partial charge in [-0.2, -0.15) is 0 Å². The van der Waals surface area contributed by atoms with Crippen molar-refractivity contribution in [2.45, 2.75) is 33.2 Å². The average molecular weight is 267 g/mol. The third kappa shape index (κ3) is 2.18. The maximum Gasteiger partial charge on any atom is 0.138 e. The monoisotopic (exact) mass is 267 g/mol. The molecular weight excluding hydrogens is 246 g/mol. The molecule has 1 aliphatic heterocycles. The number of fused-ring (bicyclic) bond motifs is 1. The maximum atomic E-state index is 5.96. The summed E-state index contributed by atoms with van der Waals surface area (Å²) in [6.45, 7) is 5.72. The third-order valence-electron chi connectivity index (χ3n) is 4.02. The van der Waals surface area contributed by atoms with Gasteiger partial charge in [0.1, 0.15) is 5.82 Å². The second kappa shape index (κ2) is 5.25. The summed E-state index contributed by atoms with van der Waals surface area (Å²) < 4.78 is 0. The van der Waals surface area contributed by atoms with Crippen LogP contribution in [0.4, 0.5) is 11.5 Å². The number of rotatable bonds is 2. The first-order valence-electron chi connectivity index (χ1n) is 7.23. The molecular formula is C17H21N3. The number of nitrogens with two attached hydrogens (primary N) is 1. The minimum Gasteiger partial charge on any atom is -0.326 e. The molecule has 2 heterocycles. The van der Waals surface area contributed by atoms with E-state index in [0.29, 0.717) is 6.54 Å². The van der Waals surface area contributed by atoms with Gasteiger partial charge in [0, 0.05) is 30.0 Å². The number of aromatic nitrogens is 1. The first-order chi connectivity index (χ1) is 9.70. The lowest BCUT2D eigenvalue weighted by atomic mass is 10.0. The molecule has 0 radical (unpaired) electrons. The fourth-order valence-corrected chi connectivity index (χ4v) is 3.07. The van der Waals surface area contributed by atoms with Gasteiger partial charge in [-0.15, -0.1) is 0 Å². The summed E-state index contributed by atoms with van der Waals surface area (Å²) in [5.41, 5.74) is 12.1. The molecule has 0 saturated heterocycles.